The number of primary amides is 1. The van der Waals surface area contributed by atoms with Crippen molar-refractivity contribution in [1.29, 1.82) is 0 Å². The van der Waals surface area contributed by atoms with Gasteiger partial charge >= 0.3 is 0 Å². The van der Waals surface area contributed by atoms with Crippen molar-refractivity contribution in [2.45, 2.75) is 31.7 Å². The van der Waals surface area contributed by atoms with Gasteiger partial charge in [0.1, 0.15) is 10.6 Å². The highest BCUT2D eigenvalue weighted by Crippen LogP contribution is 2.35. The van der Waals surface area contributed by atoms with Crippen molar-refractivity contribution in [3.05, 3.63) is 47.5 Å². The van der Waals surface area contributed by atoms with Crippen molar-refractivity contribution < 1.29 is 4.79 Å². The largest absolute Gasteiger partial charge is 0.368 e. The van der Waals surface area contributed by atoms with Crippen LogP contribution in [0.4, 0.5) is 0 Å². The van der Waals surface area contributed by atoms with Crippen molar-refractivity contribution in [1.82, 2.24) is 4.90 Å². The summed E-state index contributed by atoms with van der Waals surface area (Å²) in [4.78, 5) is 19.1. The number of aliphatic imine (C=N–C) groups is 1. The molecule has 23 heavy (non-hydrogen) atoms. The van der Waals surface area contributed by atoms with E-state index in [4.69, 9.17) is 5.73 Å². The average Bonchev–Trinajstić information content (AvgIpc) is 3.04. The second-order valence-corrected chi connectivity index (χ2v) is 7.74. The van der Waals surface area contributed by atoms with Crippen LogP contribution in [0.5, 0.6) is 0 Å². The number of hydrogen-bond donors (Lipinski definition) is 1. The molecule has 1 saturated heterocycles. The Morgan fingerprint density at radius 2 is 1.96 bits per heavy atom. The number of benzene rings is 1. The Labute approximate surface area is 140 Å². The van der Waals surface area contributed by atoms with Gasteiger partial charge in [-0.2, -0.15) is 0 Å². The minimum Gasteiger partial charge on any atom is -0.368 e. The van der Waals surface area contributed by atoms with Gasteiger partial charge in [-0.25, -0.2) is 0 Å². The fraction of sp³-hybridized carbons (Fsp3) is 0.389. The number of hydrogen-bond acceptors (Lipinski definition) is 3. The monoisotopic (exact) mass is 329 g/mol. The highest BCUT2D eigenvalue weighted by Gasteiger charge is 2.44. The number of piperidine rings is 1. The molecule has 3 rings (SSSR count). The molecule has 0 aromatic heterocycles. The van der Waals surface area contributed by atoms with E-state index in [2.05, 4.69) is 32.8 Å². The molecule has 122 valence electrons. The van der Waals surface area contributed by atoms with Crippen LogP contribution in [0, 0.1) is 0 Å². The van der Waals surface area contributed by atoms with Crippen LogP contribution >= 0.6 is 10.5 Å². The Kier molecular flexibility index (Phi) is 4.78. The lowest BCUT2D eigenvalue weighted by atomic mass is 9.96. The Morgan fingerprint density at radius 1 is 1.26 bits per heavy atom. The molecule has 2 atom stereocenters. The van der Waals surface area contributed by atoms with Gasteiger partial charge in [0.2, 0.25) is 5.91 Å². The normalized spacial score (nSPS) is 24.4. The van der Waals surface area contributed by atoms with Gasteiger partial charge in [0, 0.05) is 6.20 Å². The molecular formula is C18H23N3OS. The van der Waals surface area contributed by atoms with Crippen LogP contribution in [0.1, 0.15) is 31.7 Å². The van der Waals surface area contributed by atoms with Gasteiger partial charge in [-0.05, 0) is 49.2 Å². The molecule has 0 saturated carbocycles. The fourth-order valence-electron chi connectivity index (χ4n) is 3.16. The maximum absolute atomic E-state index is 12.4. The van der Waals surface area contributed by atoms with Crippen molar-refractivity contribution in [2.75, 3.05) is 13.1 Å². The lowest BCUT2D eigenvalue weighted by Gasteiger charge is -2.41. The van der Waals surface area contributed by atoms with Crippen molar-refractivity contribution in [3.8, 4) is 0 Å². The first-order valence-corrected chi connectivity index (χ1v) is 9.39. The maximum Gasteiger partial charge on any atom is 0.244 e. The van der Waals surface area contributed by atoms with Gasteiger partial charge < -0.3 is 5.73 Å². The van der Waals surface area contributed by atoms with E-state index in [9.17, 15) is 4.79 Å². The van der Waals surface area contributed by atoms with Crippen LogP contribution in [0.25, 0.3) is 0 Å². The Balaban J connectivity index is 1.96. The van der Waals surface area contributed by atoms with E-state index in [-0.39, 0.29) is 16.4 Å². The summed E-state index contributed by atoms with van der Waals surface area (Å²) in [7, 11) is -0.306. The van der Waals surface area contributed by atoms with Gasteiger partial charge in [-0.3, -0.25) is 14.7 Å². The van der Waals surface area contributed by atoms with E-state index >= 15 is 0 Å². The third-order valence-corrected chi connectivity index (χ3v) is 6.46. The standard InChI is InChI=1S/C18H23N3OS/c1-18(16(19)22,21-11-6-3-7-12-21)17-20-10-13-23(17)14-15-8-4-2-5-9-15/h2,4-5,8-10,13-14H,3,6-7,11-12H2,1H3,(H2,19,22). The fourth-order valence-corrected chi connectivity index (χ4v) is 4.99. The third kappa shape index (κ3) is 3.16. The predicted octanol–water partition coefficient (Wildman–Crippen LogP) is 2.72. The molecule has 0 spiro atoms. The molecule has 1 amide bonds. The zero-order valence-electron chi connectivity index (χ0n) is 13.4. The number of nitrogens with zero attached hydrogens (tertiary/aromatic N) is 2. The number of nitrogens with two attached hydrogens (primary N) is 1. The van der Waals surface area contributed by atoms with Gasteiger partial charge in [-0.1, -0.05) is 36.8 Å². The first kappa shape index (κ1) is 16.1. The highest BCUT2D eigenvalue weighted by molar-refractivity contribution is 8.30. The van der Waals surface area contributed by atoms with Crippen LogP contribution in [0.3, 0.4) is 0 Å². The SMILES string of the molecule is CC(C(N)=O)(C1=NC=C/S1=C\c1ccccc1)N1CCCCC1. The molecule has 2 aliphatic heterocycles. The second kappa shape index (κ2) is 6.81. The Hall–Kier alpha value is -1.72. The van der Waals surface area contributed by atoms with Crippen molar-refractivity contribution in [3.63, 3.8) is 0 Å². The number of rotatable bonds is 4. The topological polar surface area (TPSA) is 58.7 Å². The van der Waals surface area contributed by atoms with Crippen LogP contribution in [-0.2, 0) is 4.79 Å². The van der Waals surface area contributed by atoms with Gasteiger partial charge in [-0.15, -0.1) is 10.5 Å². The Morgan fingerprint density at radius 3 is 2.61 bits per heavy atom. The number of carbonyl (C=O) groups excluding carboxylic acids is 1. The summed E-state index contributed by atoms with van der Waals surface area (Å²) in [5, 5.41) is 5.11. The molecule has 1 fully saturated rings. The quantitative estimate of drug-likeness (QED) is 0.864. The lowest BCUT2D eigenvalue weighted by molar-refractivity contribution is -0.125. The van der Waals surface area contributed by atoms with Crippen LogP contribution in [0.2, 0.25) is 0 Å². The molecule has 0 radical (unpaired) electrons. The average molecular weight is 329 g/mol. The molecule has 1 aromatic carbocycles. The van der Waals surface area contributed by atoms with Crippen LogP contribution in [0.15, 0.2) is 46.9 Å². The van der Waals surface area contributed by atoms with E-state index in [1.165, 1.54) is 6.42 Å². The molecule has 5 heteroatoms. The van der Waals surface area contributed by atoms with Crippen molar-refractivity contribution in [2.24, 2.45) is 10.7 Å². The van der Waals surface area contributed by atoms with Gasteiger partial charge in [0.05, 0.1) is 0 Å². The Bertz CT molecular complexity index is 675. The summed E-state index contributed by atoms with van der Waals surface area (Å²) in [5.41, 5.74) is 6.17. The van der Waals surface area contributed by atoms with E-state index in [1.807, 2.05) is 31.3 Å². The molecule has 2 heterocycles. The summed E-state index contributed by atoms with van der Waals surface area (Å²) in [5.74, 6) is -0.305. The predicted molar refractivity (Wildman–Crippen MR) is 98.8 cm³/mol. The summed E-state index contributed by atoms with van der Waals surface area (Å²) in [6, 6.07) is 10.2. The smallest absolute Gasteiger partial charge is 0.244 e. The molecule has 0 aliphatic carbocycles. The number of likely N-dealkylation sites (tertiary alicyclic amines) is 1. The molecular weight excluding hydrogens is 306 g/mol. The van der Waals surface area contributed by atoms with Gasteiger partial charge in [0.15, 0.2) is 0 Å². The van der Waals surface area contributed by atoms with Crippen LogP contribution < -0.4 is 5.73 Å². The summed E-state index contributed by atoms with van der Waals surface area (Å²) in [6.07, 6.45) is 5.25. The number of carbonyl (C=O) groups is 1. The maximum atomic E-state index is 12.4. The lowest BCUT2D eigenvalue weighted by Crippen LogP contribution is -2.61. The number of amides is 1. The molecule has 2 aliphatic rings. The van der Waals surface area contributed by atoms with Crippen LogP contribution in [-0.4, -0.2) is 39.8 Å². The van der Waals surface area contributed by atoms with Gasteiger partial charge in [0.25, 0.3) is 0 Å². The minimum absolute atomic E-state index is 0.305. The highest BCUT2D eigenvalue weighted by atomic mass is 32.2. The van der Waals surface area contributed by atoms with E-state index in [1.54, 1.807) is 0 Å². The molecule has 2 N–H and O–H groups in total. The first-order valence-electron chi connectivity index (χ1n) is 8.04. The zero-order valence-corrected chi connectivity index (χ0v) is 14.3. The summed E-state index contributed by atoms with van der Waals surface area (Å²) < 4.78 is 0. The summed E-state index contributed by atoms with van der Waals surface area (Å²) >= 11 is 0. The minimum atomic E-state index is -0.807. The third-order valence-electron chi connectivity index (χ3n) is 4.57. The van der Waals surface area contributed by atoms with Crippen molar-refractivity contribution >= 4 is 26.8 Å². The zero-order chi connectivity index (χ0) is 16.3. The molecule has 1 aromatic rings. The molecule has 4 nitrogen and oxygen atoms in total. The molecule has 2 unspecified atom stereocenters. The van der Waals surface area contributed by atoms with E-state index in [0.717, 1.165) is 36.5 Å². The van der Waals surface area contributed by atoms with E-state index < -0.39 is 5.54 Å². The first-order chi connectivity index (χ1) is 11.1. The summed E-state index contributed by atoms with van der Waals surface area (Å²) in [6.45, 7) is 3.74. The second-order valence-electron chi connectivity index (χ2n) is 6.10. The van der Waals surface area contributed by atoms with E-state index in [0.29, 0.717) is 0 Å². The molecule has 0 bridgehead atoms.